The molecule has 1 aliphatic carbocycles. The molecule has 1 saturated heterocycles. The van der Waals surface area contributed by atoms with Crippen molar-refractivity contribution in [2.45, 2.75) is 64.0 Å². The molecule has 18 heavy (non-hydrogen) atoms. The van der Waals surface area contributed by atoms with E-state index in [0.717, 1.165) is 18.5 Å². The molecule has 2 rings (SSSR count). The predicted molar refractivity (Wildman–Crippen MR) is 77.7 cm³/mol. The lowest BCUT2D eigenvalue weighted by atomic mass is 9.99. The second kappa shape index (κ2) is 7.46. The van der Waals surface area contributed by atoms with E-state index >= 15 is 0 Å². The zero-order valence-electron chi connectivity index (χ0n) is 12.0. The maximum atomic E-state index is 5.86. The van der Waals surface area contributed by atoms with E-state index in [9.17, 15) is 0 Å². The highest BCUT2D eigenvalue weighted by Crippen LogP contribution is 2.26. The lowest BCUT2D eigenvalue weighted by molar-refractivity contribution is 0.183. The van der Waals surface area contributed by atoms with Crippen molar-refractivity contribution in [3.63, 3.8) is 0 Å². The smallest absolute Gasteiger partial charge is 0.0110 e. The van der Waals surface area contributed by atoms with Gasteiger partial charge in [-0.05, 0) is 64.2 Å². The molecule has 3 N–H and O–H groups in total. The van der Waals surface area contributed by atoms with Crippen molar-refractivity contribution < 1.29 is 0 Å². The maximum Gasteiger partial charge on any atom is 0.0110 e. The molecule has 1 heterocycles. The molecule has 2 unspecified atom stereocenters. The third-order valence-electron chi connectivity index (χ3n) is 4.83. The Labute approximate surface area is 112 Å². The van der Waals surface area contributed by atoms with E-state index in [0.29, 0.717) is 6.04 Å². The van der Waals surface area contributed by atoms with Gasteiger partial charge in [-0.15, -0.1) is 0 Å². The first-order valence-electron chi connectivity index (χ1n) is 8.02. The van der Waals surface area contributed by atoms with Crippen LogP contribution in [0.15, 0.2) is 0 Å². The Morgan fingerprint density at radius 3 is 2.61 bits per heavy atom. The summed E-state index contributed by atoms with van der Waals surface area (Å²) in [6, 6.07) is 1.46. The van der Waals surface area contributed by atoms with Crippen LogP contribution in [0.3, 0.4) is 0 Å². The Morgan fingerprint density at radius 1 is 1.17 bits per heavy atom. The van der Waals surface area contributed by atoms with Crippen molar-refractivity contribution in [2.75, 3.05) is 26.2 Å². The molecule has 1 saturated carbocycles. The normalized spacial score (nSPS) is 31.0. The Hall–Kier alpha value is -0.120. The van der Waals surface area contributed by atoms with Crippen LogP contribution >= 0.6 is 0 Å². The van der Waals surface area contributed by atoms with Crippen LogP contribution in [0.25, 0.3) is 0 Å². The Bertz CT molecular complexity index is 224. The first-order valence-corrected chi connectivity index (χ1v) is 8.02. The standard InChI is InChI=1S/C15H31N3/c1-2-3-9-18-10-7-14(8-11-18)17-15-6-4-5-13(15)12-16/h13-15,17H,2-12,16H2,1H3. The van der Waals surface area contributed by atoms with Crippen LogP contribution in [0.2, 0.25) is 0 Å². The molecule has 3 nitrogen and oxygen atoms in total. The van der Waals surface area contributed by atoms with Crippen LogP contribution in [0.1, 0.15) is 51.9 Å². The van der Waals surface area contributed by atoms with Gasteiger partial charge in [0.1, 0.15) is 0 Å². The molecule has 0 aromatic carbocycles. The minimum atomic E-state index is 0.710. The zero-order valence-corrected chi connectivity index (χ0v) is 12.0. The van der Waals surface area contributed by atoms with E-state index in [1.807, 2.05) is 0 Å². The molecular formula is C15H31N3. The first-order chi connectivity index (χ1) is 8.83. The van der Waals surface area contributed by atoms with Gasteiger partial charge in [-0.2, -0.15) is 0 Å². The fourth-order valence-corrected chi connectivity index (χ4v) is 3.55. The van der Waals surface area contributed by atoms with Gasteiger partial charge in [-0.1, -0.05) is 19.8 Å². The van der Waals surface area contributed by atoms with E-state index in [2.05, 4.69) is 17.1 Å². The molecule has 3 heteroatoms. The average molecular weight is 253 g/mol. The molecule has 0 spiro atoms. The number of nitrogens with zero attached hydrogens (tertiary/aromatic N) is 1. The number of hydrogen-bond acceptors (Lipinski definition) is 3. The monoisotopic (exact) mass is 253 g/mol. The van der Waals surface area contributed by atoms with Gasteiger partial charge in [0.15, 0.2) is 0 Å². The number of piperidine rings is 1. The molecule has 0 aromatic rings. The highest BCUT2D eigenvalue weighted by molar-refractivity contribution is 4.88. The summed E-state index contributed by atoms with van der Waals surface area (Å²) in [6.07, 6.45) is 9.39. The number of nitrogens with two attached hydrogens (primary N) is 1. The fraction of sp³-hybridized carbons (Fsp3) is 1.00. The van der Waals surface area contributed by atoms with Gasteiger partial charge >= 0.3 is 0 Å². The van der Waals surface area contributed by atoms with Crippen LogP contribution in [-0.2, 0) is 0 Å². The summed E-state index contributed by atoms with van der Waals surface area (Å²) >= 11 is 0. The van der Waals surface area contributed by atoms with E-state index in [4.69, 9.17) is 5.73 Å². The largest absolute Gasteiger partial charge is 0.330 e. The minimum absolute atomic E-state index is 0.710. The van der Waals surface area contributed by atoms with E-state index in [-0.39, 0.29) is 0 Å². The maximum absolute atomic E-state index is 5.86. The number of rotatable bonds is 6. The van der Waals surface area contributed by atoms with Gasteiger partial charge < -0.3 is 16.0 Å². The molecular weight excluding hydrogens is 222 g/mol. The highest BCUT2D eigenvalue weighted by Gasteiger charge is 2.29. The van der Waals surface area contributed by atoms with Crippen LogP contribution in [0.5, 0.6) is 0 Å². The van der Waals surface area contributed by atoms with E-state index < -0.39 is 0 Å². The summed E-state index contributed by atoms with van der Waals surface area (Å²) in [5.74, 6) is 0.739. The Morgan fingerprint density at radius 2 is 1.94 bits per heavy atom. The van der Waals surface area contributed by atoms with Crippen molar-refractivity contribution >= 4 is 0 Å². The summed E-state index contributed by atoms with van der Waals surface area (Å²) in [5.41, 5.74) is 5.86. The average Bonchev–Trinajstić information content (AvgIpc) is 2.85. The molecule has 0 radical (unpaired) electrons. The van der Waals surface area contributed by atoms with Gasteiger partial charge in [0.25, 0.3) is 0 Å². The lowest BCUT2D eigenvalue weighted by Gasteiger charge is -2.35. The number of hydrogen-bond donors (Lipinski definition) is 2. The predicted octanol–water partition coefficient (Wildman–Crippen LogP) is 1.97. The summed E-state index contributed by atoms with van der Waals surface area (Å²) in [5, 5.41) is 3.89. The zero-order chi connectivity index (χ0) is 12.8. The van der Waals surface area contributed by atoms with Gasteiger partial charge in [0.05, 0.1) is 0 Å². The molecule has 0 amide bonds. The van der Waals surface area contributed by atoms with Gasteiger partial charge in [0, 0.05) is 12.1 Å². The van der Waals surface area contributed by atoms with E-state index in [1.165, 1.54) is 64.6 Å². The Kier molecular flexibility index (Phi) is 5.93. The molecule has 0 bridgehead atoms. The lowest BCUT2D eigenvalue weighted by Crippen LogP contribution is -2.48. The topological polar surface area (TPSA) is 41.3 Å². The third kappa shape index (κ3) is 3.94. The van der Waals surface area contributed by atoms with Gasteiger partial charge in [0.2, 0.25) is 0 Å². The van der Waals surface area contributed by atoms with Crippen molar-refractivity contribution in [1.29, 1.82) is 0 Å². The second-order valence-electron chi connectivity index (χ2n) is 6.17. The second-order valence-corrected chi connectivity index (χ2v) is 6.17. The summed E-state index contributed by atoms with van der Waals surface area (Å²) in [7, 11) is 0. The highest BCUT2D eigenvalue weighted by atomic mass is 15.1. The van der Waals surface area contributed by atoms with Crippen molar-refractivity contribution in [3.8, 4) is 0 Å². The number of nitrogens with one attached hydrogen (secondary N) is 1. The van der Waals surface area contributed by atoms with Crippen LogP contribution < -0.4 is 11.1 Å². The molecule has 2 atom stereocenters. The van der Waals surface area contributed by atoms with Crippen molar-refractivity contribution in [3.05, 3.63) is 0 Å². The van der Waals surface area contributed by atoms with Crippen LogP contribution in [0.4, 0.5) is 0 Å². The molecule has 2 aliphatic rings. The fourth-order valence-electron chi connectivity index (χ4n) is 3.55. The SMILES string of the molecule is CCCCN1CCC(NC2CCCC2CN)CC1. The quantitative estimate of drug-likeness (QED) is 0.760. The Balaban J connectivity index is 1.67. The van der Waals surface area contributed by atoms with Crippen LogP contribution in [-0.4, -0.2) is 43.2 Å². The minimum Gasteiger partial charge on any atom is -0.330 e. The van der Waals surface area contributed by atoms with E-state index in [1.54, 1.807) is 0 Å². The summed E-state index contributed by atoms with van der Waals surface area (Å²) in [4.78, 5) is 2.64. The summed E-state index contributed by atoms with van der Waals surface area (Å²) < 4.78 is 0. The third-order valence-corrected chi connectivity index (χ3v) is 4.83. The molecule has 106 valence electrons. The molecule has 0 aromatic heterocycles. The van der Waals surface area contributed by atoms with Gasteiger partial charge in [-0.3, -0.25) is 0 Å². The van der Waals surface area contributed by atoms with Crippen molar-refractivity contribution in [2.24, 2.45) is 11.7 Å². The van der Waals surface area contributed by atoms with Crippen molar-refractivity contribution in [1.82, 2.24) is 10.2 Å². The first kappa shape index (κ1) is 14.3. The number of likely N-dealkylation sites (tertiary alicyclic amines) is 1. The number of unbranched alkanes of at least 4 members (excludes halogenated alkanes) is 1. The van der Waals surface area contributed by atoms with Gasteiger partial charge in [-0.25, -0.2) is 0 Å². The molecule has 1 aliphatic heterocycles. The molecule has 2 fully saturated rings. The summed E-state index contributed by atoms with van der Waals surface area (Å²) in [6.45, 7) is 7.03. The van der Waals surface area contributed by atoms with Crippen LogP contribution in [0, 0.1) is 5.92 Å².